The lowest BCUT2D eigenvalue weighted by atomic mass is 9.89. The summed E-state index contributed by atoms with van der Waals surface area (Å²) in [5.41, 5.74) is 14.1. The van der Waals surface area contributed by atoms with Gasteiger partial charge in [0, 0.05) is 24.7 Å². The Kier molecular flexibility index (Phi) is 13.8. The first-order chi connectivity index (χ1) is 29.5. The molecule has 4 atom stereocenters. The third-order valence-electron chi connectivity index (χ3n) is 11.0. The van der Waals surface area contributed by atoms with Gasteiger partial charge in [-0.25, -0.2) is 4.79 Å². The van der Waals surface area contributed by atoms with E-state index in [0.717, 1.165) is 50.9 Å². The summed E-state index contributed by atoms with van der Waals surface area (Å²) in [7, 11) is 0. The van der Waals surface area contributed by atoms with Crippen LogP contribution in [0.25, 0.3) is 5.57 Å². The minimum atomic E-state index is -1.15. The number of rotatable bonds is 15. The van der Waals surface area contributed by atoms with E-state index in [1.807, 2.05) is 104 Å². The number of amides is 1. The highest BCUT2D eigenvalue weighted by molar-refractivity contribution is 6.42. The number of carboxylic acids is 1. The summed E-state index contributed by atoms with van der Waals surface area (Å²) in [6.07, 6.45) is 6.28. The molecule has 5 aromatic carbocycles. The molecule has 0 unspecified atom stereocenters. The molecule has 4 N–H and O–H groups in total. The van der Waals surface area contributed by atoms with E-state index in [9.17, 15) is 14.7 Å². The number of hydrogen-bond donors (Lipinski definition) is 3. The molecule has 2 heterocycles. The molecule has 5 aromatic rings. The Morgan fingerprint density at radius 2 is 1.67 bits per heavy atom. The molecule has 61 heavy (non-hydrogen) atoms. The molecule has 2 aliphatic heterocycles. The van der Waals surface area contributed by atoms with Crippen molar-refractivity contribution in [3.63, 3.8) is 0 Å². The van der Waals surface area contributed by atoms with Crippen molar-refractivity contribution in [3.05, 3.63) is 189 Å². The fraction of sp³-hybridized carbons (Fsp3) is 0.240. The second-order valence-corrected chi connectivity index (χ2v) is 16.2. The van der Waals surface area contributed by atoms with Crippen LogP contribution in [0, 0.1) is 0 Å². The van der Waals surface area contributed by atoms with Crippen LogP contribution in [-0.4, -0.2) is 40.6 Å². The molecule has 314 valence electrons. The molecule has 0 radical (unpaired) electrons. The number of hydrogen-bond acceptors (Lipinski definition) is 7. The maximum Gasteiger partial charge on any atom is 0.326 e. The Hall–Kier alpha value is -6.00. The largest absolute Gasteiger partial charge is 0.489 e. The number of carbonyl (C=O) groups is 2. The number of ether oxygens (including phenoxy) is 3. The number of nitrogens with zero attached hydrogens (tertiary/aromatic N) is 1. The maximum absolute atomic E-state index is 14.4. The second kappa shape index (κ2) is 19.6. The Morgan fingerprint density at radius 3 is 2.34 bits per heavy atom. The van der Waals surface area contributed by atoms with Gasteiger partial charge in [-0.15, -0.1) is 0 Å². The monoisotopic (exact) mass is 857 g/mol. The summed E-state index contributed by atoms with van der Waals surface area (Å²) in [5.74, 6) is 0.486. The molecule has 0 spiro atoms. The smallest absolute Gasteiger partial charge is 0.326 e. The van der Waals surface area contributed by atoms with Gasteiger partial charge in [-0.2, -0.15) is 0 Å². The van der Waals surface area contributed by atoms with Crippen molar-refractivity contribution in [2.45, 2.75) is 70.5 Å². The molecule has 11 heteroatoms. The molecule has 0 saturated carbocycles. The van der Waals surface area contributed by atoms with Gasteiger partial charge in [-0.05, 0) is 107 Å². The first kappa shape index (κ1) is 43.1. The molecule has 0 aliphatic carbocycles. The van der Waals surface area contributed by atoms with Crippen LogP contribution in [0.4, 0.5) is 0 Å². The predicted molar refractivity (Wildman–Crippen MR) is 241 cm³/mol. The number of carbonyl (C=O) groups excluding carboxylic acids is 1. The highest BCUT2D eigenvalue weighted by atomic mass is 35.5. The summed E-state index contributed by atoms with van der Waals surface area (Å²) in [5, 5.41) is 14.3. The van der Waals surface area contributed by atoms with Crippen LogP contribution in [0.1, 0.15) is 71.4 Å². The number of benzene rings is 5. The van der Waals surface area contributed by atoms with Crippen LogP contribution in [-0.2, 0) is 35.6 Å². The Morgan fingerprint density at radius 1 is 0.951 bits per heavy atom. The molecular formula is C50H49Cl2N3O6. The summed E-state index contributed by atoms with van der Waals surface area (Å²) >= 11 is 12.2. The van der Waals surface area contributed by atoms with E-state index in [-0.39, 0.29) is 24.5 Å². The molecule has 0 saturated heterocycles. The van der Waals surface area contributed by atoms with E-state index in [2.05, 4.69) is 35.9 Å². The molecule has 9 nitrogen and oxygen atoms in total. The lowest BCUT2D eigenvalue weighted by Gasteiger charge is -2.42. The zero-order valence-electron chi connectivity index (χ0n) is 34.2. The number of carboxylic acid groups (broad SMARTS) is 1. The fourth-order valence-electron chi connectivity index (χ4n) is 7.95. The van der Waals surface area contributed by atoms with E-state index in [1.54, 1.807) is 18.2 Å². The van der Waals surface area contributed by atoms with E-state index >= 15 is 0 Å². The van der Waals surface area contributed by atoms with Crippen molar-refractivity contribution in [2.75, 3.05) is 6.61 Å². The van der Waals surface area contributed by atoms with E-state index in [4.69, 9.17) is 43.1 Å². The lowest BCUT2D eigenvalue weighted by molar-refractivity contribution is -0.143. The average Bonchev–Trinajstić information content (AvgIpc) is 3.26. The zero-order chi connectivity index (χ0) is 43.0. The Balaban J connectivity index is 1.08. The second-order valence-electron chi connectivity index (χ2n) is 15.4. The molecule has 0 bridgehead atoms. The molecule has 1 amide bonds. The van der Waals surface area contributed by atoms with Gasteiger partial charge in [0.05, 0.1) is 16.1 Å². The van der Waals surface area contributed by atoms with Crippen LogP contribution >= 0.6 is 23.2 Å². The average molecular weight is 859 g/mol. The number of allylic oxidation sites excluding steroid dienone is 5. The van der Waals surface area contributed by atoms with Crippen LogP contribution in [0.15, 0.2) is 140 Å². The van der Waals surface area contributed by atoms with Crippen LogP contribution in [0.3, 0.4) is 0 Å². The van der Waals surface area contributed by atoms with Gasteiger partial charge in [-0.1, -0.05) is 122 Å². The fourth-order valence-corrected chi connectivity index (χ4v) is 8.28. The quantitative estimate of drug-likeness (QED) is 0.0890. The minimum absolute atomic E-state index is 0.108. The van der Waals surface area contributed by atoms with Gasteiger partial charge in [-0.3, -0.25) is 9.69 Å². The highest BCUT2D eigenvalue weighted by Gasteiger charge is 2.38. The van der Waals surface area contributed by atoms with Crippen molar-refractivity contribution in [1.82, 2.24) is 10.2 Å². The van der Waals surface area contributed by atoms with Crippen molar-refractivity contribution in [2.24, 2.45) is 5.73 Å². The van der Waals surface area contributed by atoms with Crippen molar-refractivity contribution in [3.8, 4) is 17.2 Å². The van der Waals surface area contributed by atoms with Crippen LogP contribution in [0.2, 0.25) is 10.0 Å². The first-order valence-electron chi connectivity index (χ1n) is 20.3. The number of nitrogens with two attached hydrogens (primary N) is 1. The van der Waals surface area contributed by atoms with Gasteiger partial charge in [0.15, 0.2) is 17.6 Å². The molecule has 2 aliphatic rings. The third-order valence-corrected chi connectivity index (χ3v) is 11.8. The first-order valence-corrected chi connectivity index (χ1v) is 21.1. The zero-order valence-corrected chi connectivity index (χ0v) is 35.7. The van der Waals surface area contributed by atoms with Gasteiger partial charge in [0.2, 0.25) is 5.91 Å². The summed E-state index contributed by atoms with van der Waals surface area (Å²) in [4.78, 5) is 29.3. The van der Waals surface area contributed by atoms with Gasteiger partial charge in [0.1, 0.15) is 25.0 Å². The van der Waals surface area contributed by atoms with Crippen molar-refractivity contribution < 1.29 is 28.9 Å². The highest BCUT2D eigenvalue weighted by Crippen LogP contribution is 2.42. The van der Waals surface area contributed by atoms with Gasteiger partial charge >= 0.3 is 5.97 Å². The van der Waals surface area contributed by atoms with Crippen LogP contribution in [0.5, 0.6) is 17.2 Å². The van der Waals surface area contributed by atoms with Gasteiger partial charge < -0.3 is 30.4 Å². The maximum atomic E-state index is 14.4. The van der Waals surface area contributed by atoms with E-state index in [1.165, 1.54) is 0 Å². The van der Waals surface area contributed by atoms with Crippen molar-refractivity contribution >= 4 is 40.7 Å². The van der Waals surface area contributed by atoms with Gasteiger partial charge in [0.25, 0.3) is 0 Å². The SMILES string of the molecule is C=C/C=C(\C=C(\C)N)c1ccc(C[C@H](NC(=O)[C@@H]2Cc3cc4c(cc3CN2[C@@H](CC)c2ccccc2)O[C@@H](c2ccc(OCc3ccc(Cl)c(Cl)c3)cc2)CO4)C(=O)O)cc1. The number of fused-ring (bicyclic) bond motifs is 2. The molecular weight excluding hydrogens is 809 g/mol. The molecule has 0 aromatic heterocycles. The summed E-state index contributed by atoms with van der Waals surface area (Å²) in [6.45, 7) is 8.81. The topological polar surface area (TPSA) is 123 Å². The summed E-state index contributed by atoms with van der Waals surface area (Å²) < 4.78 is 18.9. The normalized spacial score (nSPS) is 17.4. The minimum Gasteiger partial charge on any atom is -0.489 e. The molecule has 0 fully saturated rings. The number of halogens is 2. The third kappa shape index (κ3) is 10.5. The number of aliphatic carboxylic acids is 1. The van der Waals surface area contributed by atoms with E-state index < -0.39 is 18.1 Å². The Labute approximate surface area is 367 Å². The summed E-state index contributed by atoms with van der Waals surface area (Å²) in [6, 6.07) is 32.9. The van der Waals surface area contributed by atoms with E-state index in [0.29, 0.717) is 59.2 Å². The van der Waals surface area contributed by atoms with Crippen molar-refractivity contribution in [1.29, 1.82) is 0 Å². The predicted octanol–water partition coefficient (Wildman–Crippen LogP) is 10.2. The lowest BCUT2D eigenvalue weighted by Crippen LogP contribution is -2.55. The standard InChI is InChI=1S/C50H49Cl2N3O6/c1-4-9-37(22-31(3)53)34-15-12-32(13-16-34)24-43(50(57)58)54-49(56)45-25-38-26-46-47(27-39(38)28-55(45)44(5-2)35-10-7-6-8-11-35)61-48(30-60-46)36-17-19-40(20-18-36)59-29-33-14-21-41(51)42(52)23-33/h4,6-23,26-27,43-45,48H,1,5,24-25,28-30,53H2,2-3H3,(H,54,56)(H,57,58)/b31-22-,37-9+/t43-,44-,45-,48+/m0/s1. The van der Waals surface area contributed by atoms with Crippen LogP contribution < -0.4 is 25.3 Å². The Bertz CT molecular complexity index is 2430. The molecule has 7 rings (SSSR count). The number of nitrogens with one attached hydrogen (secondary N) is 1.